The minimum atomic E-state index is -0.486. The Kier molecular flexibility index (Phi) is 5.77. The molecule has 0 amide bonds. The van der Waals surface area contributed by atoms with E-state index in [0.717, 1.165) is 24.3 Å². The highest BCUT2D eigenvalue weighted by Crippen LogP contribution is 2.42. The molecule has 0 bridgehead atoms. The molecule has 0 saturated carbocycles. The van der Waals surface area contributed by atoms with Crippen LogP contribution in [0, 0.1) is 0 Å². The van der Waals surface area contributed by atoms with Gasteiger partial charge in [0.25, 0.3) is 0 Å². The summed E-state index contributed by atoms with van der Waals surface area (Å²) in [5, 5.41) is 2.07. The molecular weight excluding hydrogens is 362 g/mol. The summed E-state index contributed by atoms with van der Waals surface area (Å²) in [4.78, 5) is 15.9. The van der Waals surface area contributed by atoms with Gasteiger partial charge >= 0.3 is 5.97 Å². The molecule has 0 aliphatic carbocycles. The normalized spacial score (nSPS) is 17.3. The topological polar surface area (TPSA) is 48.0 Å². The summed E-state index contributed by atoms with van der Waals surface area (Å²) in [7, 11) is 3.30. The van der Waals surface area contributed by atoms with Gasteiger partial charge in [0.2, 0.25) is 0 Å². The van der Waals surface area contributed by atoms with Crippen LogP contribution < -0.4 is 9.47 Å². The number of carbonyl (C=O) groups is 1. The number of carbonyl (C=O) groups excluding carboxylic acids is 1. The first-order valence-corrected chi connectivity index (χ1v) is 9.94. The molecule has 1 atom stereocenters. The number of rotatable bonds is 5. The summed E-state index contributed by atoms with van der Waals surface area (Å²) < 4.78 is 16.5. The van der Waals surface area contributed by atoms with Crippen molar-refractivity contribution in [2.24, 2.45) is 0 Å². The number of nitrogens with zero attached hydrogens (tertiary/aromatic N) is 1. The third-order valence-corrected chi connectivity index (χ3v) is 5.46. The Balaban J connectivity index is 1.97. The van der Waals surface area contributed by atoms with E-state index in [1.54, 1.807) is 25.6 Å². The molecule has 3 rings (SSSR count). The Bertz CT molecular complexity index is 795. The molecule has 2 aromatic rings. The lowest BCUT2D eigenvalue weighted by atomic mass is 9.91. The second kappa shape index (κ2) is 7.90. The Morgan fingerprint density at radius 2 is 1.93 bits per heavy atom. The highest BCUT2D eigenvalue weighted by atomic mass is 32.1. The minimum absolute atomic E-state index is 0.000995. The highest BCUT2D eigenvalue weighted by Gasteiger charge is 2.33. The van der Waals surface area contributed by atoms with E-state index in [9.17, 15) is 4.79 Å². The van der Waals surface area contributed by atoms with Crippen LogP contribution in [-0.4, -0.2) is 43.8 Å². The van der Waals surface area contributed by atoms with Gasteiger partial charge < -0.3 is 14.2 Å². The number of ether oxygens (including phenoxy) is 3. The summed E-state index contributed by atoms with van der Waals surface area (Å²) in [6.45, 7) is 6.72. The second-order valence-electron chi connectivity index (χ2n) is 7.63. The molecule has 0 spiro atoms. The van der Waals surface area contributed by atoms with Crippen molar-refractivity contribution in [3.63, 3.8) is 0 Å². The lowest BCUT2D eigenvalue weighted by Gasteiger charge is -2.37. The van der Waals surface area contributed by atoms with Crippen molar-refractivity contribution < 1.29 is 19.0 Å². The van der Waals surface area contributed by atoms with Gasteiger partial charge in [-0.15, -0.1) is 11.3 Å². The zero-order valence-electron chi connectivity index (χ0n) is 16.6. The van der Waals surface area contributed by atoms with Gasteiger partial charge in [-0.2, -0.15) is 0 Å². The van der Waals surface area contributed by atoms with Crippen LogP contribution in [0.1, 0.15) is 42.8 Å². The van der Waals surface area contributed by atoms with Crippen LogP contribution in [0.15, 0.2) is 29.6 Å². The first-order valence-electron chi connectivity index (χ1n) is 9.06. The van der Waals surface area contributed by atoms with Crippen LogP contribution in [0.3, 0.4) is 0 Å². The molecule has 1 unspecified atom stereocenters. The molecule has 0 radical (unpaired) electrons. The number of thiophene rings is 1. The van der Waals surface area contributed by atoms with E-state index in [0.29, 0.717) is 5.75 Å². The Hall–Kier alpha value is -2.05. The van der Waals surface area contributed by atoms with Crippen LogP contribution in [-0.2, 0) is 16.0 Å². The zero-order valence-corrected chi connectivity index (χ0v) is 17.4. The zero-order chi connectivity index (χ0) is 19.6. The molecule has 6 heteroatoms. The van der Waals surface area contributed by atoms with Gasteiger partial charge in [0.15, 0.2) is 11.5 Å². The van der Waals surface area contributed by atoms with Crippen molar-refractivity contribution in [1.82, 2.24) is 4.90 Å². The molecule has 1 aliphatic heterocycles. The van der Waals surface area contributed by atoms with E-state index in [4.69, 9.17) is 14.2 Å². The fourth-order valence-corrected chi connectivity index (χ4v) is 4.36. The molecule has 1 aliphatic rings. The third kappa shape index (κ3) is 4.45. The maximum absolute atomic E-state index is 12.5. The van der Waals surface area contributed by atoms with Crippen molar-refractivity contribution in [3.05, 3.63) is 45.6 Å². The molecule has 0 N–H and O–H groups in total. The first-order chi connectivity index (χ1) is 12.8. The Labute approximate surface area is 164 Å². The predicted octanol–water partition coefficient (Wildman–Crippen LogP) is 4.05. The van der Waals surface area contributed by atoms with E-state index in [1.165, 1.54) is 10.4 Å². The third-order valence-electron chi connectivity index (χ3n) is 4.54. The van der Waals surface area contributed by atoms with Gasteiger partial charge in [0.05, 0.1) is 26.8 Å². The SMILES string of the molecule is COc1cc2c(cc1OC)C(c1cccs1)N(CC(=O)OC(C)(C)C)CC2. The number of hydrogen-bond acceptors (Lipinski definition) is 6. The van der Waals surface area contributed by atoms with Crippen LogP contribution in [0.4, 0.5) is 0 Å². The van der Waals surface area contributed by atoms with Crippen LogP contribution >= 0.6 is 11.3 Å². The fraction of sp³-hybridized carbons (Fsp3) is 0.476. The smallest absolute Gasteiger partial charge is 0.320 e. The first kappa shape index (κ1) is 19.7. The standard InChI is InChI=1S/C21H27NO4S/c1-21(2,3)26-19(23)13-22-9-8-14-11-16(24-4)17(25-5)12-15(14)20(22)18-7-6-10-27-18/h6-7,10-12,20H,8-9,13H2,1-5H3. The monoisotopic (exact) mass is 389 g/mol. The number of benzene rings is 1. The van der Waals surface area contributed by atoms with Crippen molar-refractivity contribution in [2.75, 3.05) is 27.3 Å². The molecular formula is C21H27NO4S. The predicted molar refractivity (Wildman–Crippen MR) is 107 cm³/mol. The second-order valence-corrected chi connectivity index (χ2v) is 8.61. The average Bonchev–Trinajstić information content (AvgIpc) is 3.12. The molecule has 2 heterocycles. The minimum Gasteiger partial charge on any atom is -0.493 e. The van der Waals surface area contributed by atoms with E-state index in [-0.39, 0.29) is 18.6 Å². The summed E-state index contributed by atoms with van der Waals surface area (Å²) in [5.74, 6) is 1.24. The van der Waals surface area contributed by atoms with E-state index in [1.807, 2.05) is 32.9 Å². The van der Waals surface area contributed by atoms with Gasteiger partial charge in [-0.1, -0.05) is 6.07 Å². The number of hydrogen-bond donors (Lipinski definition) is 0. The van der Waals surface area contributed by atoms with Crippen molar-refractivity contribution in [1.29, 1.82) is 0 Å². The summed E-state index contributed by atoms with van der Waals surface area (Å²) in [5.41, 5.74) is 1.90. The van der Waals surface area contributed by atoms with Gasteiger partial charge in [-0.05, 0) is 61.9 Å². The lowest BCUT2D eigenvalue weighted by molar-refractivity contribution is -0.156. The molecule has 0 saturated heterocycles. The number of methoxy groups -OCH3 is 2. The van der Waals surface area contributed by atoms with Gasteiger partial charge in [0.1, 0.15) is 5.60 Å². The highest BCUT2D eigenvalue weighted by molar-refractivity contribution is 7.10. The maximum atomic E-state index is 12.5. The quantitative estimate of drug-likeness (QED) is 0.722. The van der Waals surface area contributed by atoms with E-state index < -0.39 is 5.60 Å². The number of fused-ring (bicyclic) bond motifs is 1. The van der Waals surface area contributed by atoms with E-state index >= 15 is 0 Å². The van der Waals surface area contributed by atoms with Gasteiger partial charge in [-0.25, -0.2) is 0 Å². The van der Waals surface area contributed by atoms with Crippen LogP contribution in [0.2, 0.25) is 0 Å². The molecule has 0 fully saturated rings. The van der Waals surface area contributed by atoms with Crippen molar-refractivity contribution in [3.8, 4) is 11.5 Å². The lowest BCUT2D eigenvalue weighted by Crippen LogP contribution is -2.41. The van der Waals surface area contributed by atoms with Crippen molar-refractivity contribution >= 4 is 17.3 Å². The van der Waals surface area contributed by atoms with Gasteiger partial charge in [-0.3, -0.25) is 9.69 Å². The molecule has 1 aromatic carbocycles. The Morgan fingerprint density at radius 3 is 2.52 bits per heavy atom. The Morgan fingerprint density at radius 1 is 1.22 bits per heavy atom. The average molecular weight is 390 g/mol. The van der Waals surface area contributed by atoms with E-state index in [2.05, 4.69) is 22.4 Å². The largest absolute Gasteiger partial charge is 0.493 e. The van der Waals surface area contributed by atoms with Crippen LogP contribution in [0.25, 0.3) is 0 Å². The summed E-state index contributed by atoms with van der Waals surface area (Å²) in [6.07, 6.45) is 0.848. The molecule has 27 heavy (non-hydrogen) atoms. The molecule has 5 nitrogen and oxygen atoms in total. The molecule has 1 aromatic heterocycles. The molecule has 146 valence electrons. The summed E-state index contributed by atoms with van der Waals surface area (Å²) in [6, 6.07) is 8.25. The fourth-order valence-electron chi connectivity index (χ4n) is 3.49. The van der Waals surface area contributed by atoms with Crippen LogP contribution in [0.5, 0.6) is 11.5 Å². The maximum Gasteiger partial charge on any atom is 0.320 e. The van der Waals surface area contributed by atoms with Gasteiger partial charge in [0, 0.05) is 11.4 Å². The summed E-state index contributed by atoms with van der Waals surface area (Å²) >= 11 is 1.69. The van der Waals surface area contributed by atoms with Crippen molar-refractivity contribution in [2.45, 2.75) is 38.8 Å². The number of esters is 1.